The van der Waals surface area contributed by atoms with Crippen molar-refractivity contribution in [2.75, 3.05) is 30.6 Å². The van der Waals surface area contributed by atoms with E-state index >= 15 is 0 Å². The van der Waals surface area contributed by atoms with Crippen molar-refractivity contribution in [3.05, 3.63) is 59.9 Å². The standard InChI is InChI=1S/C20H23N5O3S/c1-3-28-17-10-6-15(7-11-17)22-19(26)13-29-20-24-23-18(25(20)21)12-14-4-8-16(27-2)9-5-14/h4-11H,3,12-13,21H2,1-2H3,(H,22,26). The van der Waals surface area contributed by atoms with E-state index in [9.17, 15) is 4.79 Å². The molecule has 0 atom stereocenters. The van der Waals surface area contributed by atoms with Gasteiger partial charge in [0.2, 0.25) is 11.1 Å². The highest BCUT2D eigenvalue weighted by molar-refractivity contribution is 7.99. The second-order valence-corrected chi connectivity index (χ2v) is 7.03. The first-order valence-corrected chi connectivity index (χ1v) is 10.1. The molecule has 152 valence electrons. The maximum atomic E-state index is 12.2. The first-order chi connectivity index (χ1) is 14.1. The quantitative estimate of drug-likeness (QED) is 0.410. The third kappa shape index (κ3) is 5.64. The molecule has 0 radical (unpaired) electrons. The minimum absolute atomic E-state index is 0.154. The Hall–Kier alpha value is -3.20. The molecule has 1 amide bonds. The van der Waals surface area contributed by atoms with Gasteiger partial charge >= 0.3 is 0 Å². The highest BCUT2D eigenvalue weighted by Gasteiger charge is 2.13. The molecule has 0 aliphatic heterocycles. The zero-order chi connectivity index (χ0) is 20.6. The molecule has 2 aromatic carbocycles. The third-order valence-electron chi connectivity index (χ3n) is 4.04. The van der Waals surface area contributed by atoms with Crippen molar-refractivity contribution in [2.45, 2.75) is 18.5 Å². The van der Waals surface area contributed by atoms with Crippen LogP contribution in [0.1, 0.15) is 18.3 Å². The van der Waals surface area contributed by atoms with Crippen LogP contribution in [-0.2, 0) is 11.2 Å². The largest absolute Gasteiger partial charge is 0.497 e. The second-order valence-electron chi connectivity index (χ2n) is 6.09. The minimum atomic E-state index is -0.154. The number of carbonyl (C=O) groups excluding carboxylic acids is 1. The van der Waals surface area contributed by atoms with Crippen LogP contribution in [0.4, 0.5) is 5.69 Å². The second kappa shape index (κ2) is 9.83. The number of hydrogen-bond donors (Lipinski definition) is 2. The van der Waals surface area contributed by atoms with Crippen molar-refractivity contribution in [1.82, 2.24) is 14.9 Å². The third-order valence-corrected chi connectivity index (χ3v) is 4.98. The van der Waals surface area contributed by atoms with E-state index in [0.717, 1.165) is 17.1 Å². The number of thioether (sulfide) groups is 1. The zero-order valence-electron chi connectivity index (χ0n) is 16.3. The number of methoxy groups -OCH3 is 1. The summed E-state index contributed by atoms with van der Waals surface area (Å²) in [5.41, 5.74) is 1.74. The minimum Gasteiger partial charge on any atom is -0.497 e. The molecular weight excluding hydrogens is 390 g/mol. The lowest BCUT2D eigenvalue weighted by atomic mass is 10.1. The summed E-state index contributed by atoms with van der Waals surface area (Å²) in [6, 6.07) is 14.9. The summed E-state index contributed by atoms with van der Waals surface area (Å²) in [6.07, 6.45) is 0.534. The van der Waals surface area contributed by atoms with Gasteiger partial charge in [0.15, 0.2) is 5.82 Å². The number of ether oxygens (including phenoxy) is 2. The lowest BCUT2D eigenvalue weighted by Crippen LogP contribution is -2.17. The van der Waals surface area contributed by atoms with E-state index in [4.69, 9.17) is 15.3 Å². The van der Waals surface area contributed by atoms with E-state index in [1.165, 1.54) is 16.4 Å². The molecule has 9 heteroatoms. The Bertz CT molecular complexity index is 942. The summed E-state index contributed by atoms with van der Waals surface area (Å²) in [7, 11) is 1.63. The summed E-state index contributed by atoms with van der Waals surface area (Å²) in [6.45, 7) is 2.52. The van der Waals surface area contributed by atoms with Gasteiger partial charge in [-0.3, -0.25) is 4.79 Å². The van der Waals surface area contributed by atoms with Gasteiger partial charge in [-0.05, 0) is 48.9 Å². The molecular formula is C20H23N5O3S. The number of nitrogens with zero attached hydrogens (tertiary/aromatic N) is 3. The molecule has 3 rings (SSSR count). The molecule has 0 spiro atoms. The van der Waals surface area contributed by atoms with Gasteiger partial charge in [0.05, 0.1) is 19.5 Å². The van der Waals surface area contributed by atoms with E-state index in [1.807, 2.05) is 43.3 Å². The van der Waals surface area contributed by atoms with Crippen LogP contribution in [0.5, 0.6) is 11.5 Å². The molecule has 29 heavy (non-hydrogen) atoms. The Labute approximate surface area is 173 Å². The van der Waals surface area contributed by atoms with Gasteiger partial charge in [0.1, 0.15) is 11.5 Å². The van der Waals surface area contributed by atoms with Crippen LogP contribution < -0.4 is 20.6 Å². The molecule has 3 aromatic rings. The maximum Gasteiger partial charge on any atom is 0.234 e. The average Bonchev–Trinajstić information content (AvgIpc) is 3.08. The van der Waals surface area contributed by atoms with Gasteiger partial charge in [-0.2, -0.15) is 0 Å². The number of nitrogens with one attached hydrogen (secondary N) is 1. The molecule has 0 unspecified atom stereocenters. The Kier molecular flexibility index (Phi) is 6.96. The molecule has 1 heterocycles. The number of benzene rings is 2. The monoisotopic (exact) mass is 413 g/mol. The molecule has 3 N–H and O–H groups in total. The topological polar surface area (TPSA) is 104 Å². The molecule has 0 aliphatic rings. The highest BCUT2D eigenvalue weighted by atomic mass is 32.2. The Balaban J connectivity index is 1.53. The van der Waals surface area contributed by atoms with Gasteiger partial charge in [-0.1, -0.05) is 23.9 Å². The van der Waals surface area contributed by atoms with E-state index in [0.29, 0.717) is 29.7 Å². The van der Waals surface area contributed by atoms with Crippen molar-refractivity contribution >= 4 is 23.4 Å². The molecule has 0 aliphatic carbocycles. The van der Waals surface area contributed by atoms with Crippen molar-refractivity contribution in [3.8, 4) is 11.5 Å². The first kappa shape index (κ1) is 20.5. The lowest BCUT2D eigenvalue weighted by Gasteiger charge is -2.07. The summed E-state index contributed by atoms with van der Waals surface area (Å²) in [5.74, 6) is 8.28. The highest BCUT2D eigenvalue weighted by Crippen LogP contribution is 2.19. The molecule has 0 saturated heterocycles. The normalized spacial score (nSPS) is 10.6. The van der Waals surface area contributed by atoms with Crippen molar-refractivity contribution < 1.29 is 14.3 Å². The van der Waals surface area contributed by atoms with Gasteiger partial charge in [0.25, 0.3) is 0 Å². The number of hydrogen-bond acceptors (Lipinski definition) is 7. The number of rotatable bonds is 9. The van der Waals surface area contributed by atoms with Crippen LogP contribution in [0.15, 0.2) is 53.7 Å². The van der Waals surface area contributed by atoms with Crippen molar-refractivity contribution in [2.24, 2.45) is 0 Å². The first-order valence-electron chi connectivity index (χ1n) is 9.07. The van der Waals surface area contributed by atoms with Crippen LogP contribution in [0.25, 0.3) is 0 Å². The van der Waals surface area contributed by atoms with Crippen LogP contribution in [0, 0.1) is 0 Å². The van der Waals surface area contributed by atoms with Crippen LogP contribution >= 0.6 is 11.8 Å². The van der Waals surface area contributed by atoms with Crippen LogP contribution in [-0.4, -0.2) is 40.3 Å². The fourth-order valence-electron chi connectivity index (χ4n) is 2.58. The molecule has 8 nitrogen and oxygen atoms in total. The van der Waals surface area contributed by atoms with E-state index < -0.39 is 0 Å². The predicted molar refractivity (Wildman–Crippen MR) is 113 cm³/mol. The summed E-state index contributed by atoms with van der Waals surface area (Å²) in [5, 5.41) is 11.5. The molecule has 0 fully saturated rings. The number of nitrogens with two attached hydrogens (primary N) is 1. The summed E-state index contributed by atoms with van der Waals surface area (Å²) >= 11 is 1.23. The maximum absolute atomic E-state index is 12.2. The average molecular weight is 414 g/mol. The summed E-state index contributed by atoms with van der Waals surface area (Å²) < 4.78 is 12.0. The molecule has 1 aromatic heterocycles. The van der Waals surface area contributed by atoms with E-state index in [2.05, 4.69) is 15.5 Å². The Morgan fingerprint density at radius 1 is 1.10 bits per heavy atom. The van der Waals surface area contributed by atoms with Gasteiger partial charge < -0.3 is 20.6 Å². The Morgan fingerprint density at radius 2 is 1.79 bits per heavy atom. The molecule has 0 saturated carbocycles. The van der Waals surface area contributed by atoms with Crippen molar-refractivity contribution in [1.29, 1.82) is 0 Å². The Morgan fingerprint density at radius 3 is 2.45 bits per heavy atom. The lowest BCUT2D eigenvalue weighted by molar-refractivity contribution is -0.113. The van der Waals surface area contributed by atoms with Gasteiger partial charge in [-0.25, -0.2) is 4.68 Å². The fourth-order valence-corrected chi connectivity index (χ4v) is 3.26. The van der Waals surface area contributed by atoms with Gasteiger partial charge in [-0.15, -0.1) is 10.2 Å². The number of anilines is 1. The SMILES string of the molecule is CCOc1ccc(NC(=O)CSc2nnc(Cc3ccc(OC)cc3)n2N)cc1. The zero-order valence-corrected chi connectivity index (χ0v) is 17.1. The number of amides is 1. The number of carbonyl (C=O) groups is 1. The summed E-state index contributed by atoms with van der Waals surface area (Å²) in [4.78, 5) is 12.2. The van der Waals surface area contributed by atoms with E-state index in [1.54, 1.807) is 19.2 Å². The fraction of sp³-hybridized carbons (Fsp3) is 0.250. The number of aromatic nitrogens is 3. The van der Waals surface area contributed by atoms with Crippen LogP contribution in [0.3, 0.4) is 0 Å². The van der Waals surface area contributed by atoms with E-state index in [-0.39, 0.29) is 11.7 Å². The predicted octanol–water partition coefficient (Wildman–Crippen LogP) is 2.72. The number of nitrogen functional groups attached to an aromatic ring is 1. The van der Waals surface area contributed by atoms with Crippen LogP contribution in [0.2, 0.25) is 0 Å². The molecule has 0 bridgehead atoms. The van der Waals surface area contributed by atoms with Gasteiger partial charge in [0, 0.05) is 12.1 Å². The van der Waals surface area contributed by atoms with Crippen molar-refractivity contribution in [3.63, 3.8) is 0 Å². The smallest absolute Gasteiger partial charge is 0.234 e.